The molecule has 1 aromatic heterocycles. The molecule has 1 N–H and O–H groups in total. The first kappa shape index (κ1) is 15.7. The minimum Gasteiger partial charge on any atom is -0.360 e. The molecule has 20 heavy (non-hydrogen) atoms. The predicted molar refractivity (Wildman–Crippen MR) is 69.6 cm³/mol. The van der Waals surface area contributed by atoms with Gasteiger partial charge in [-0.1, -0.05) is 53.2 Å². The highest BCUT2D eigenvalue weighted by Crippen LogP contribution is 2.57. The fraction of sp³-hybridized carbons (Fsp3) is 0.273. The highest BCUT2D eigenvalue weighted by Gasteiger charge is 2.69. The number of nitrogens with one attached hydrogen (secondary N) is 1. The van der Waals surface area contributed by atoms with E-state index in [1.165, 1.54) is 12.3 Å². The number of thioether (sulfide) groups is 1. The van der Waals surface area contributed by atoms with Gasteiger partial charge < -0.3 is 4.98 Å². The summed E-state index contributed by atoms with van der Waals surface area (Å²) in [6.45, 7) is 0. The van der Waals surface area contributed by atoms with Crippen molar-refractivity contribution in [1.29, 1.82) is 0 Å². The summed E-state index contributed by atoms with van der Waals surface area (Å²) in [5.74, 6) is 0. The molecule has 110 valence electrons. The fourth-order valence-corrected chi connectivity index (χ4v) is 2.89. The minimum absolute atomic E-state index is 0.0185. The van der Waals surface area contributed by atoms with Crippen LogP contribution in [0.5, 0.6) is 0 Å². The maximum Gasteiger partial charge on any atom is 0.442 e. The van der Waals surface area contributed by atoms with Gasteiger partial charge in [-0.15, -0.1) is 0 Å². The van der Waals surface area contributed by atoms with Crippen molar-refractivity contribution in [2.75, 3.05) is 0 Å². The molecule has 0 spiro atoms. The van der Waals surface area contributed by atoms with Gasteiger partial charge in [0.2, 0.25) is 0 Å². The molecular formula is C11H6Cl2F5NS. The minimum atomic E-state index is -5.65. The molecule has 0 aliphatic rings. The number of rotatable bonds is 3. The molecule has 2 aromatic rings. The maximum absolute atomic E-state index is 13.9. The summed E-state index contributed by atoms with van der Waals surface area (Å²) < 4.78 is 60.8. The number of alkyl halides is 7. The van der Waals surface area contributed by atoms with Gasteiger partial charge in [0.15, 0.2) is 0 Å². The van der Waals surface area contributed by atoms with Crippen LogP contribution >= 0.6 is 35.0 Å². The monoisotopic (exact) mass is 349 g/mol. The van der Waals surface area contributed by atoms with Gasteiger partial charge >= 0.3 is 11.3 Å². The van der Waals surface area contributed by atoms with E-state index in [0.29, 0.717) is 10.9 Å². The lowest BCUT2D eigenvalue weighted by molar-refractivity contribution is -0.211. The summed E-state index contributed by atoms with van der Waals surface area (Å²) in [5, 5.41) is -4.31. The first-order chi connectivity index (χ1) is 9.06. The SMILES string of the molecule is FC(F)(F)[C@@](F)(Cl)[C@](F)(Cl)Sc1c[nH]c2ccccc12. The quantitative estimate of drug-likeness (QED) is 0.434. The zero-order valence-corrected chi connectivity index (χ0v) is 11.8. The number of benzene rings is 1. The summed E-state index contributed by atoms with van der Waals surface area (Å²) in [6, 6.07) is 6.43. The molecule has 0 fully saturated rings. The summed E-state index contributed by atoms with van der Waals surface area (Å²) in [6.07, 6.45) is -4.42. The smallest absolute Gasteiger partial charge is 0.360 e. The molecule has 2 atom stereocenters. The molecule has 0 saturated heterocycles. The number of fused-ring (bicyclic) bond motifs is 1. The Hall–Kier alpha value is -0.660. The molecular weight excluding hydrogens is 344 g/mol. The topological polar surface area (TPSA) is 15.8 Å². The molecule has 0 radical (unpaired) electrons. The van der Waals surface area contributed by atoms with Crippen molar-refractivity contribution in [3.05, 3.63) is 30.5 Å². The summed E-state index contributed by atoms with van der Waals surface area (Å²) in [7, 11) is 0. The van der Waals surface area contributed by atoms with Crippen LogP contribution in [0.2, 0.25) is 0 Å². The number of halogens is 7. The molecule has 1 aromatic carbocycles. The number of aromatic nitrogens is 1. The summed E-state index contributed by atoms with van der Waals surface area (Å²) >= 11 is 9.56. The first-order valence-electron chi connectivity index (χ1n) is 5.14. The lowest BCUT2D eigenvalue weighted by Gasteiger charge is -2.30. The Kier molecular flexibility index (Phi) is 3.90. The van der Waals surface area contributed by atoms with Crippen LogP contribution in [0.4, 0.5) is 22.0 Å². The van der Waals surface area contributed by atoms with Crippen molar-refractivity contribution in [3.8, 4) is 0 Å². The Morgan fingerprint density at radius 3 is 2.20 bits per heavy atom. The van der Waals surface area contributed by atoms with Crippen LogP contribution in [0.15, 0.2) is 35.4 Å². The van der Waals surface area contributed by atoms with Crippen molar-refractivity contribution in [2.45, 2.75) is 20.7 Å². The van der Waals surface area contributed by atoms with E-state index in [-0.39, 0.29) is 16.7 Å². The average molecular weight is 350 g/mol. The highest BCUT2D eigenvalue weighted by atomic mass is 35.5. The fourth-order valence-electron chi connectivity index (χ4n) is 1.50. The van der Waals surface area contributed by atoms with E-state index < -0.39 is 15.8 Å². The van der Waals surface area contributed by atoms with E-state index in [4.69, 9.17) is 11.6 Å². The Labute approximate surface area is 124 Å². The lowest BCUT2D eigenvalue weighted by atomic mass is 10.2. The van der Waals surface area contributed by atoms with E-state index in [2.05, 4.69) is 16.6 Å². The molecule has 0 aliphatic heterocycles. The Morgan fingerprint density at radius 2 is 1.60 bits per heavy atom. The normalized spacial score (nSPS) is 18.8. The Morgan fingerprint density at radius 1 is 1.00 bits per heavy atom. The Balaban J connectivity index is 2.38. The molecule has 0 amide bonds. The van der Waals surface area contributed by atoms with Crippen molar-refractivity contribution in [3.63, 3.8) is 0 Å². The highest BCUT2D eigenvalue weighted by molar-refractivity contribution is 8.02. The second kappa shape index (κ2) is 4.96. The second-order valence-corrected chi connectivity index (χ2v) is 6.36. The third kappa shape index (κ3) is 2.58. The van der Waals surface area contributed by atoms with E-state index in [9.17, 15) is 22.0 Å². The predicted octanol–water partition coefficient (Wildman–Crippen LogP) is 5.59. The van der Waals surface area contributed by atoms with Crippen molar-refractivity contribution in [2.24, 2.45) is 0 Å². The Bertz CT molecular complexity index is 623. The van der Waals surface area contributed by atoms with E-state index in [0.717, 1.165) is 0 Å². The van der Waals surface area contributed by atoms with Crippen molar-refractivity contribution < 1.29 is 22.0 Å². The second-order valence-electron chi connectivity index (χ2n) is 3.89. The van der Waals surface area contributed by atoms with E-state index >= 15 is 0 Å². The van der Waals surface area contributed by atoms with Gasteiger partial charge in [-0.3, -0.25) is 0 Å². The largest absolute Gasteiger partial charge is 0.442 e. The molecule has 1 heterocycles. The third-order valence-electron chi connectivity index (χ3n) is 2.51. The zero-order chi connectivity index (χ0) is 15.2. The number of hydrogen-bond acceptors (Lipinski definition) is 1. The third-order valence-corrected chi connectivity index (χ3v) is 4.78. The van der Waals surface area contributed by atoms with Crippen molar-refractivity contribution in [1.82, 2.24) is 4.98 Å². The van der Waals surface area contributed by atoms with Gasteiger partial charge in [0.05, 0.1) is 0 Å². The molecule has 9 heteroatoms. The van der Waals surface area contributed by atoms with Gasteiger partial charge in [0.1, 0.15) is 0 Å². The van der Waals surface area contributed by atoms with Gasteiger partial charge in [0, 0.05) is 22.0 Å². The van der Waals surface area contributed by atoms with Crippen LogP contribution < -0.4 is 0 Å². The zero-order valence-electron chi connectivity index (χ0n) is 9.44. The number of hydrogen-bond donors (Lipinski definition) is 1. The van der Waals surface area contributed by atoms with Crippen LogP contribution in [0.25, 0.3) is 10.9 Å². The first-order valence-corrected chi connectivity index (χ1v) is 6.71. The molecule has 0 bridgehead atoms. The number of H-pyrrole nitrogens is 1. The van der Waals surface area contributed by atoms with Crippen LogP contribution in [0.1, 0.15) is 0 Å². The molecule has 2 rings (SSSR count). The molecule has 0 unspecified atom stereocenters. The van der Waals surface area contributed by atoms with Gasteiger partial charge in [0.25, 0.3) is 4.46 Å². The van der Waals surface area contributed by atoms with Crippen LogP contribution in [0.3, 0.4) is 0 Å². The van der Waals surface area contributed by atoms with Gasteiger partial charge in [-0.2, -0.15) is 13.2 Å². The molecule has 0 aliphatic carbocycles. The van der Waals surface area contributed by atoms with Crippen LogP contribution in [0, 0.1) is 0 Å². The maximum atomic E-state index is 13.9. The summed E-state index contributed by atoms with van der Waals surface area (Å²) in [5.41, 5.74) is 0.550. The van der Waals surface area contributed by atoms with E-state index in [1.54, 1.807) is 18.2 Å². The number of para-hydroxylation sites is 1. The van der Waals surface area contributed by atoms with Gasteiger partial charge in [-0.25, -0.2) is 8.78 Å². The molecule has 1 nitrogen and oxygen atoms in total. The standard InChI is InChI=1S/C11H6Cl2F5NS/c12-9(14,11(16,17)18)10(13,15)20-8-5-19-7-4-2-1-3-6(7)8/h1-5,19H/t9-,10-/m1/s1. The van der Waals surface area contributed by atoms with Crippen LogP contribution in [-0.4, -0.2) is 20.7 Å². The number of aromatic amines is 1. The average Bonchev–Trinajstić information content (AvgIpc) is 2.71. The molecule has 0 saturated carbocycles. The van der Waals surface area contributed by atoms with Crippen LogP contribution in [-0.2, 0) is 0 Å². The lowest BCUT2D eigenvalue weighted by Crippen LogP contribution is -2.48. The van der Waals surface area contributed by atoms with E-state index in [1.807, 2.05) is 0 Å². The van der Waals surface area contributed by atoms with Gasteiger partial charge in [-0.05, 0) is 6.07 Å². The summed E-state index contributed by atoms with van der Waals surface area (Å²) in [4.78, 5) is 2.73. The van der Waals surface area contributed by atoms with Crippen molar-refractivity contribution >= 4 is 45.9 Å².